The number of carbonyl (C=O) groups is 3. The second-order valence-electron chi connectivity index (χ2n) is 11.6. The van der Waals surface area contributed by atoms with Crippen molar-refractivity contribution in [1.29, 1.82) is 0 Å². The van der Waals surface area contributed by atoms with Gasteiger partial charge in [-0.25, -0.2) is 14.4 Å². The fourth-order valence-electron chi connectivity index (χ4n) is 5.85. The average Bonchev–Trinajstić information content (AvgIpc) is 3.53. The smallest absolute Gasteiger partial charge is 0.410 e. The fourth-order valence-corrected chi connectivity index (χ4v) is 6.71. The normalized spacial score (nSPS) is 18.2. The van der Waals surface area contributed by atoms with Crippen LogP contribution in [0.25, 0.3) is 11.1 Å². The van der Waals surface area contributed by atoms with Crippen molar-refractivity contribution in [2.24, 2.45) is 0 Å². The van der Waals surface area contributed by atoms with E-state index in [0.717, 1.165) is 40.0 Å². The largest absolute Gasteiger partial charge is 0.478 e. The molecule has 5 rings (SSSR count). The van der Waals surface area contributed by atoms with Gasteiger partial charge in [0.15, 0.2) is 0 Å². The molecular formula is C32H36N2O6S. The van der Waals surface area contributed by atoms with Crippen LogP contribution in [-0.2, 0) is 16.0 Å². The number of rotatable bonds is 7. The molecule has 2 aliphatic rings. The van der Waals surface area contributed by atoms with E-state index in [0.29, 0.717) is 12.8 Å². The molecule has 3 aromatic rings. The number of nitrogens with zero attached hydrogens (tertiary/aromatic N) is 1. The summed E-state index contributed by atoms with van der Waals surface area (Å²) < 4.78 is 11.6. The molecule has 0 radical (unpaired) electrons. The Bertz CT molecular complexity index is 1380. The van der Waals surface area contributed by atoms with Gasteiger partial charge in [-0.3, -0.25) is 4.90 Å². The van der Waals surface area contributed by atoms with Crippen molar-refractivity contribution in [2.45, 2.75) is 76.6 Å². The highest BCUT2D eigenvalue weighted by atomic mass is 32.1. The molecule has 0 unspecified atom stereocenters. The number of carboxylic acids is 1. The van der Waals surface area contributed by atoms with Gasteiger partial charge in [-0.15, -0.1) is 11.3 Å². The Balaban J connectivity index is 1.38. The Kier molecular flexibility index (Phi) is 8.35. The number of benzene rings is 2. The van der Waals surface area contributed by atoms with Crippen LogP contribution in [0.5, 0.6) is 0 Å². The van der Waals surface area contributed by atoms with E-state index in [9.17, 15) is 19.5 Å². The number of aromatic carboxylic acids is 1. The molecule has 1 saturated carbocycles. The highest BCUT2D eigenvalue weighted by molar-refractivity contribution is 7.10. The zero-order valence-corrected chi connectivity index (χ0v) is 24.4. The molecule has 2 aliphatic carbocycles. The zero-order valence-electron chi connectivity index (χ0n) is 23.6. The number of fused-ring (bicyclic) bond motifs is 3. The van der Waals surface area contributed by atoms with E-state index < -0.39 is 23.8 Å². The van der Waals surface area contributed by atoms with Crippen LogP contribution in [0.3, 0.4) is 0 Å². The monoisotopic (exact) mass is 576 g/mol. The molecule has 9 heteroatoms. The van der Waals surface area contributed by atoms with Gasteiger partial charge in [0.2, 0.25) is 0 Å². The molecule has 2 atom stereocenters. The van der Waals surface area contributed by atoms with Crippen molar-refractivity contribution < 1.29 is 29.0 Å². The summed E-state index contributed by atoms with van der Waals surface area (Å²) in [6.45, 7) is 5.79. The Morgan fingerprint density at radius 3 is 2.24 bits per heavy atom. The number of thiophene rings is 1. The summed E-state index contributed by atoms with van der Waals surface area (Å²) in [4.78, 5) is 40.5. The lowest BCUT2D eigenvalue weighted by atomic mass is 9.89. The first-order valence-electron chi connectivity index (χ1n) is 14.0. The van der Waals surface area contributed by atoms with E-state index in [-0.39, 0.29) is 36.7 Å². The van der Waals surface area contributed by atoms with Gasteiger partial charge in [0.25, 0.3) is 0 Å². The summed E-state index contributed by atoms with van der Waals surface area (Å²) in [5.74, 6) is -1.10. The van der Waals surface area contributed by atoms with E-state index in [2.05, 4.69) is 29.6 Å². The first kappa shape index (κ1) is 28.7. The third-order valence-corrected chi connectivity index (χ3v) is 8.55. The molecule has 2 amide bonds. The zero-order chi connectivity index (χ0) is 29.1. The maximum atomic E-state index is 13.9. The minimum absolute atomic E-state index is 0.0874. The third kappa shape index (κ3) is 6.56. The Morgan fingerprint density at radius 1 is 1.00 bits per heavy atom. The van der Waals surface area contributed by atoms with E-state index in [4.69, 9.17) is 9.47 Å². The van der Waals surface area contributed by atoms with Crippen molar-refractivity contribution in [3.63, 3.8) is 0 Å². The van der Waals surface area contributed by atoms with E-state index in [1.165, 1.54) is 11.3 Å². The molecule has 1 heterocycles. The summed E-state index contributed by atoms with van der Waals surface area (Å²) in [5.41, 5.74) is 4.08. The molecule has 216 valence electrons. The second kappa shape index (κ2) is 11.9. The van der Waals surface area contributed by atoms with Gasteiger partial charge >= 0.3 is 18.2 Å². The quantitative estimate of drug-likeness (QED) is 0.313. The predicted molar refractivity (Wildman–Crippen MR) is 157 cm³/mol. The Morgan fingerprint density at radius 2 is 1.63 bits per heavy atom. The van der Waals surface area contributed by atoms with Crippen LogP contribution < -0.4 is 5.32 Å². The lowest BCUT2D eigenvalue weighted by molar-refractivity contribution is 0.0369. The van der Waals surface area contributed by atoms with Gasteiger partial charge in [0.1, 0.15) is 12.2 Å². The van der Waals surface area contributed by atoms with Crippen molar-refractivity contribution >= 4 is 29.5 Å². The number of amides is 2. The maximum absolute atomic E-state index is 13.9. The van der Waals surface area contributed by atoms with E-state index in [1.807, 2.05) is 45.0 Å². The summed E-state index contributed by atoms with van der Waals surface area (Å²) in [6, 6.07) is 17.3. The van der Waals surface area contributed by atoms with Crippen molar-refractivity contribution in [3.8, 4) is 11.1 Å². The topological polar surface area (TPSA) is 105 Å². The van der Waals surface area contributed by atoms with Crippen LogP contribution in [-0.4, -0.2) is 52.5 Å². The van der Waals surface area contributed by atoms with Crippen LogP contribution in [0.4, 0.5) is 9.59 Å². The number of ether oxygens (including phenoxy) is 2. The average molecular weight is 577 g/mol. The van der Waals surface area contributed by atoms with Crippen molar-refractivity contribution in [1.82, 2.24) is 10.2 Å². The molecule has 2 aromatic carbocycles. The summed E-state index contributed by atoms with van der Waals surface area (Å²) in [5, 5.41) is 14.0. The second-order valence-corrected chi connectivity index (χ2v) is 12.6. The molecule has 0 saturated heterocycles. The Labute approximate surface area is 244 Å². The van der Waals surface area contributed by atoms with Crippen LogP contribution in [0.15, 0.2) is 60.0 Å². The van der Waals surface area contributed by atoms with E-state index >= 15 is 0 Å². The highest BCUT2D eigenvalue weighted by Crippen LogP contribution is 2.44. The third-order valence-electron chi connectivity index (χ3n) is 7.63. The van der Waals surface area contributed by atoms with Gasteiger partial charge in [-0.2, -0.15) is 0 Å². The van der Waals surface area contributed by atoms with Crippen LogP contribution >= 0.6 is 11.3 Å². The first-order chi connectivity index (χ1) is 19.6. The Hall–Kier alpha value is -3.85. The van der Waals surface area contributed by atoms with Crippen LogP contribution in [0, 0.1) is 0 Å². The van der Waals surface area contributed by atoms with E-state index in [1.54, 1.807) is 16.3 Å². The number of nitrogens with one attached hydrogen (secondary N) is 1. The standard InChI is InChI=1S/C32H36N2O6S/c1-32(2,3)40-30(37)33-27-14-8-9-15-28(27)34(17-21-16-20(19-41-21)29(35)36)31(38)39-18-26-24-12-6-4-10-22(24)23-11-5-7-13-25(23)26/h4-7,10-13,16,19,26-28H,8-9,14-15,17-18H2,1-3H3,(H,33,37)(H,35,36)/t27-,28-/m0/s1. The summed E-state index contributed by atoms with van der Waals surface area (Å²) >= 11 is 1.29. The molecule has 1 fully saturated rings. The van der Waals surface area contributed by atoms with Gasteiger partial charge in [-0.05, 0) is 61.9 Å². The van der Waals surface area contributed by atoms with Gasteiger partial charge < -0.3 is 19.9 Å². The molecule has 0 spiro atoms. The maximum Gasteiger partial charge on any atom is 0.410 e. The van der Waals surface area contributed by atoms with Crippen LogP contribution in [0.2, 0.25) is 0 Å². The fraction of sp³-hybridized carbons (Fsp3) is 0.406. The molecule has 8 nitrogen and oxygen atoms in total. The number of alkyl carbamates (subject to hydrolysis) is 1. The molecule has 2 N–H and O–H groups in total. The lowest BCUT2D eigenvalue weighted by Crippen LogP contribution is -2.55. The van der Waals surface area contributed by atoms with Crippen molar-refractivity contribution in [2.75, 3.05) is 6.61 Å². The molecular weight excluding hydrogens is 540 g/mol. The summed E-state index contributed by atoms with van der Waals surface area (Å²) in [6.07, 6.45) is 2.18. The number of hydrogen-bond donors (Lipinski definition) is 2. The van der Waals surface area contributed by atoms with Crippen molar-refractivity contribution in [3.05, 3.63) is 81.5 Å². The first-order valence-corrected chi connectivity index (χ1v) is 14.9. The van der Waals surface area contributed by atoms with Crippen LogP contribution in [0.1, 0.15) is 78.7 Å². The molecule has 0 aliphatic heterocycles. The highest BCUT2D eigenvalue weighted by Gasteiger charge is 2.37. The summed E-state index contributed by atoms with van der Waals surface area (Å²) in [7, 11) is 0. The molecule has 1 aromatic heterocycles. The minimum Gasteiger partial charge on any atom is -0.478 e. The molecule has 0 bridgehead atoms. The number of carbonyl (C=O) groups excluding carboxylic acids is 2. The van der Waals surface area contributed by atoms with Gasteiger partial charge in [0, 0.05) is 16.2 Å². The molecule has 41 heavy (non-hydrogen) atoms. The number of carboxylic acid groups (broad SMARTS) is 1. The lowest BCUT2D eigenvalue weighted by Gasteiger charge is -2.39. The predicted octanol–water partition coefficient (Wildman–Crippen LogP) is 7.03. The SMILES string of the molecule is CC(C)(C)OC(=O)N[C@H]1CCCC[C@@H]1N(Cc1cc(C(=O)O)cs1)C(=O)OCC1c2ccccc2-c2ccccc21. The van der Waals surface area contributed by atoms with Gasteiger partial charge in [-0.1, -0.05) is 61.4 Å². The number of hydrogen-bond acceptors (Lipinski definition) is 6. The minimum atomic E-state index is -1.01. The van der Waals surface area contributed by atoms with Gasteiger partial charge in [0.05, 0.1) is 24.2 Å².